The van der Waals surface area contributed by atoms with Crippen LogP contribution in [0.3, 0.4) is 0 Å². The van der Waals surface area contributed by atoms with Gasteiger partial charge in [-0.1, -0.05) is 0 Å². The molecule has 1 aliphatic rings. The van der Waals surface area contributed by atoms with Gasteiger partial charge in [0.05, 0.1) is 6.26 Å². The Morgan fingerprint density at radius 1 is 1.22 bits per heavy atom. The maximum atomic E-state index is 13.1. The minimum absolute atomic E-state index is 0.0291. The number of hydrogen-bond donors (Lipinski definition) is 1. The monoisotopic (exact) mass is 406 g/mol. The van der Waals surface area contributed by atoms with E-state index in [9.17, 15) is 36.0 Å². The normalized spacial score (nSPS) is 14.3. The fourth-order valence-electron chi connectivity index (χ4n) is 2.33. The van der Waals surface area contributed by atoms with Crippen LogP contribution < -0.4 is 21.3 Å². The summed E-state index contributed by atoms with van der Waals surface area (Å²) < 4.78 is 67.4. The first kappa shape index (κ1) is 18.6. The van der Waals surface area contributed by atoms with Gasteiger partial charge < -0.3 is 10.1 Å². The second-order valence-electron chi connectivity index (χ2n) is 5.36. The molecule has 0 unspecified atom stereocenters. The third-order valence-corrected chi connectivity index (χ3v) is 4.39. The Morgan fingerprint density at radius 3 is 2.48 bits per heavy atom. The van der Waals surface area contributed by atoms with Crippen LogP contribution in [0.4, 0.5) is 19.0 Å². The van der Waals surface area contributed by atoms with Crippen LogP contribution in [0.15, 0.2) is 27.8 Å². The van der Waals surface area contributed by atoms with E-state index in [1.54, 1.807) is 0 Å². The molecule has 0 aliphatic carbocycles. The van der Waals surface area contributed by atoms with E-state index in [1.165, 1.54) is 6.07 Å². The van der Waals surface area contributed by atoms with Crippen molar-refractivity contribution in [2.24, 2.45) is 0 Å². The lowest BCUT2D eigenvalue weighted by Gasteiger charge is -2.18. The highest BCUT2D eigenvalue weighted by Gasteiger charge is 2.39. The summed E-state index contributed by atoms with van der Waals surface area (Å²) in [6.45, 7) is -0.296. The molecule has 2 aromatic rings. The van der Waals surface area contributed by atoms with Crippen LogP contribution in [0.1, 0.15) is 5.69 Å². The number of amides is 1. The molecule has 3 heterocycles. The number of rotatable bonds is 2. The fraction of sp³-hybridized carbons (Fsp3) is 0.231. The minimum atomic E-state index is -5.27. The van der Waals surface area contributed by atoms with Gasteiger partial charge in [0.25, 0.3) is 11.5 Å². The topological polar surface area (TPSA) is 129 Å². The average Bonchev–Trinajstić information content (AvgIpc) is 2.51. The van der Waals surface area contributed by atoms with Gasteiger partial charge in [0.15, 0.2) is 18.2 Å². The summed E-state index contributed by atoms with van der Waals surface area (Å²) in [7, 11) is -4.72. The number of aromatic nitrogens is 3. The van der Waals surface area contributed by atoms with Gasteiger partial charge in [0.2, 0.25) is 10.0 Å². The van der Waals surface area contributed by atoms with Crippen LogP contribution in [0.5, 0.6) is 5.75 Å². The molecule has 1 N–H and O–H groups in total. The first-order valence-corrected chi connectivity index (χ1v) is 8.85. The smallest absolute Gasteiger partial charge is 0.432 e. The van der Waals surface area contributed by atoms with Crippen LogP contribution in [0.2, 0.25) is 0 Å². The summed E-state index contributed by atoms with van der Waals surface area (Å²) in [5.41, 5.74) is -5.18. The van der Waals surface area contributed by atoms with Gasteiger partial charge in [-0.3, -0.25) is 9.59 Å². The number of carbonyl (C=O) groups is 1. The van der Waals surface area contributed by atoms with Crippen LogP contribution in [-0.2, 0) is 21.0 Å². The van der Waals surface area contributed by atoms with Crippen molar-refractivity contribution >= 4 is 21.7 Å². The molecular formula is C13H9F3N4O6S. The van der Waals surface area contributed by atoms with Gasteiger partial charge in [-0.25, -0.2) is 22.8 Å². The summed E-state index contributed by atoms with van der Waals surface area (Å²) >= 11 is 0. The number of pyridine rings is 1. The zero-order chi connectivity index (χ0) is 20.1. The molecule has 3 rings (SSSR count). The largest absolute Gasteiger partial charge is 0.480 e. The standard InChI is InChI=1S/C13H9F3N4O6S/c1-27(24,25)20-7(13(14,15)16)4-10(22)19(12(20)23)8-3-2-6-11(17-8)18-9(21)5-26-6/h2-4H,5H2,1H3,(H,17,18,21). The second-order valence-corrected chi connectivity index (χ2v) is 7.20. The Morgan fingerprint density at radius 2 is 1.89 bits per heavy atom. The summed E-state index contributed by atoms with van der Waals surface area (Å²) in [5, 5.41) is 2.29. The Bertz CT molecular complexity index is 1180. The molecular weight excluding hydrogens is 397 g/mol. The van der Waals surface area contributed by atoms with E-state index in [4.69, 9.17) is 4.74 Å². The Kier molecular flexibility index (Phi) is 4.09. The molecule has 0 fully saturated rings. The number of fused-ring (bicyclic) bond motifs is 1. The van der Waals surface area contributed by atoms with Gasteiger partial charge in [-0.15, -0.1) is 0 Å². The van der Waals surface area contributed by atoms with E-state index in [1.807, 2.05) is 0 Å². The van der Waals surface area contributed by atoms with Crippen LogP contribution >= 0.6 is 0 Å². The lowest BCUT2D eigenvalue weighted by molar-refractivity contribution is -0.142. The SMILES string of the molecule is CS(=O)(=O)n1c(C(F)(F)F)cc(=O)n(-c2ccc3c(n2)NC(=O)CO3)c1=O. The van der Waals surface area contributed by atoms with Gasteiger partial charge >= 0.3 is 11.9 Å². The van der Waals surface area contributed by atoms with Crippen molar-refractivity contribution in [2.75, 3.05) is 18.2 Å². The first-order valence-electron chi connectivity index (χ1n) is 7.00. The van der Waals surface area contributed by atoms with Gasteiger partial charge in [-0.05, 0) is 12.1 Å². The Hall–Kier alpha value is -3.16. The van der Waals surface area contributed by atoms with Gasteiger partial charge in [0, 0.05) is 6.07 Å². The molecule has 10 nitrogen and oxygen atoms in total. The van der Waals surface area contributed by atoms with Crippen molar-refractivity contribution in [1.82, 2.24) is 13.5 Å². The highest BCUT2D eigenvalue weighted by Crippen LogP contribution is 2.29. The maximum Gasteiger partial charge on any atom is 0.432 e. The number of nitrogens with zero attached hydrogens (tertiary/aromatic N) is 3. The molecule has 0 radical (unpaired) electrons. The lowest BCUT2D eigenvalue weighted by Crippen LogP contribution is -2.44. The van der Waals surface area contributed by atoms with Crippen LogP contribution in [0.25, 0.3) is 5.82 Å². The predicted molar refractivity (Wildman–Crippen MR) is 83.5 cm³/mol. The molecule has 0 spiro atoms. The Labute approximate surface area is 147 Å². The van der Waals surface area contributed by atoms with Crippen molar-refractivity contribution < 1.29 is 31.1 Å². The number of ether oxygens (including phenoxy) is 1. The summed E-state index contributed by atoms with van der Waals surface area (Å²) in [6.07, 6.45) is -4.89. The predicted octanol–water partition coefficient (Wildman–Crippen LogP) is -0.448. The first-order chi connectivity index (χ1) is 12.4. The van der Waals surface area contributed by atoms with E-state index < -0.39 is 48.8 Å². The minimum Gasteiger partial charge on any atom is -0.480 e. The van der Waals surface area contributed by atoms with Crippen LogP contribution in [-0.4, -0.2) is 40.7 Å². The van der Waals surface area contributed by atoms with Gasteiger partial charge in [0.1, 0.15) is 11.5 Å². The van der Waals surface area contributed by atoms with Crippen molar-refractivity contribution in [3.63, 3.8) is 0 Å². The van der Waals surface area contributed by atoms with Crippen LogP contribution in [0, 0.1) is 0 Å². The van der Waals surface area contributed by atoms with E-state index in [0.717, 1.165) is 6.07 Å². The molecule has 1 aliphatic heterocycles. The summed E-state index contributed by atoms with van der Waals surface area (Å²) in [6, 6.07) is 2.24. The highest BCUT2D eigenvalue weighted by atomic mass is 32.2. The molecule has 27 heavy (non-hydrogen) atoms. The number of hydrogen-bond acceptors (Lipinski definition) is 7. The van der Waals surface area contributed by atoms with E-state index in [0.29, 0.717) is 6.26 Å². The number of carbonyl (C=O) groups excluding carboxylic acids is 1. The second kappa shape index (κ2) is 5.94. The zero-order valence-corrected chi connectivity index (χ0v) is 14.1. The number of halogens is 3. The molecule has 2 aromatic heterocycles. The third-order valence-electron chi connectivity index (χ3n) is 3.38. The van der Waals surface area contributed by atoms with Crippen molar-refractivity contribution in [2.45, 2.75) is 6.18 Å². The zero-order valence-electron chi connectivity index (χ0n) is 13.3. The molecule has 144 valence electrons. The molecule has 0 aromatic carbocycles. The molecule has 0 bridgehead atoms. The van der Waals surface area contributed by atoms with Crippen molar-refractivity contribution in [3.8, 4) is 11.6 Å². The van der Waals surface area contributed by atoms with E-state index >= 15 is 0 Å². The highest BCUT2D eigenvalue weighted by molar-refractivity contribution is 7.89. The lowest BCUT2D eigenvalue weighted by atomic mass is 10.3. The summed E-state index contributed by atoms with van der Waals surface area (Å²) in [4.78, 5) is 39.7. The van der Waals surface area contributed by atoms with Crippen molar-refractivity contribution in [1.29, 1.82) is 0 Å². The fourth-order valence-corrected chi connectivity index (χ4v) is 3.21. The van der Waals surface area contributed by atoms with Crippen molar-refractivity contribution in [3.05, 3.63) is 44.7 Å². The molecule has 14 heteroatoms. The molecule has 0 atom stereocenters. The average molecular weight is 406 g/mol. The quantitative estimate of drug-likeness (QED) is 0.715. The third kappa shape index (κ3) is 3.30. The molecule has 0 saturated carbocycles. The number of alkyl halides is 3. The van der Waals surface area contributed by atoms with E-state index in [-0.39, 0.29) is 28.8 Å². The number of anilines is 1. The Balaban J connectivity index is 2.33. The molecule has 1 amide bonds. The van der Waals surface area contributed by atoms with Gasteiger partial charge in [-0.2, -0.15) is 17.1 Å². The van der Waals surface area contributed by atoms with E-state index in [2.05, 4.69) is 10.3 Å². The maximum absolute atomic E-state index is 13.1. The number of nitrogens with one attached hydrogen (secondary N) is 1. The molecule has 0 saturated heterocycles. The summed E-state index contributed by atoms with van der Waals surface area (Å²) in [5.74, 6) is -1.16.